The first kappa shape index (κ1) is 12.2. The Hall–Kier alpha value is -2.52. The Balaban J connectivity index is 1.79. The first-order valence-corrected chi connectivity index (χ1v) is 6.94. The maximum atomic E-state index is 10.6. The number of rotatable bonds is 2. The first-order valence-electron chi connectivity index (χ1n) is 6.94. The number of aliphatic hydroxyl groups excluding tert-OH is 1. The second-order valence-electron chi connectivity index (χ2n) is 5.33. The van der Waals surface area contributed by atoms with Gasteiger partial charge < -0.3 is 14.1 Å². The normalized spacial score (nSPS) is 13.0. The van der Waals surface area contributed by atoms with E-state index in [1.165, 1.54) is 0 Å². The largest absolute Gasteiger partial charge is 0.458 e. The molecule has 0 spiro atoms. The lowest BCUT2D eigenvalue weighted by atomic mass is 10.1. The van der Waals surface area contributed by atoms with E-state index in [1.807, 2.05) is 67.8 Å². The fraction of sp³-hybridized carbons (Fsp3) is 0.111. The fourth-order valence-corrected chi connectivity index (χ4v) is 2.77. The summed E-state index contributed by atoms with van der Waals surface area (Å²) < 4.78 is 7.81. The third-order valence-electron chi connectivity index (χ3n) is 3.94. The lowest BCUT2D eigenvalue weighted by molar-refractivity contribution is 0.192. The number of aryl methyl sites for hydroxylation is 1. The van der Waals surface area contributed by atoms with Crippen molar-refractivity contribution >= 4 is 21.9 Å². The Bertz CT molecular complexity index is 900. The Morgan fingerprint density at radius 2 is 1.86 bits per heavy atom. The Labute approximate surface area is 122 Å². The van der Waals surface area contributed by atoms with E-state index in [4.69, 9.17) is 4.42 Å². The number of para-hydroxylation sites is 1. The average Bonchev–Trinajstić information content (AvgIpc) is 3.10. The van der Waals surface area contributed by atoms with E-state index < -0.39 is 6.10 Å². The summed E-state index contributed by atoms with van der Waals surface area (Å²) in [6.07, 6.45) is 1.27. The van der Waals surface area contributed by atoms with Crippen molar-refractivity contribution in [1.82, 2.24) is 4.57 Å². The molecule has 1 atom stereocenters. The van der Waals surface area contributed by atoms with E-state index in [0.29, 0.717) is 5.76 Å². The van der Waals surface area contributed by atoms with Gasteiger partial charge in [-0.05, 0) is 41.3 Å². The Morgan fingerprint density at radius 1 is 1.00 bits per heavy atom. The predicted molar refractivity (Wildman–Crippen MR) is 83.2 cm³/mol. The highest BCUT2D eigenvalue weighted by atomic mass is 16.4. The number of fused-ring (bicyclic) bond motifs is 2. The summed E-state index contributed by atoms with van der Waals surface area (Å²) in [5, 5.41) is 12.7. The zero-order valence-corrected chi connectivity index (χ0v) is 11.7. The van der Waals surface area contributed by atoms with Crippen LogP contribution < -0.4 is 0 Å². The van der Waals surface area contributed by atoms with Crippen LogP contribution in [-0.2, 0) is 7.05 Å². The molecule has 0 saturated carbocycles. The van der Waals surface area contributed by atoms with Crippen LogP contribution >= 0.6 is 0 Å². The molecule has 0 radical (unpaired) electrons. The van der Waals surface area contributed by atoms with Crippen molar-refractivity contribution in [2.24, 2.45) is 7.05 Å². The lowest BCUT2D eigenvalue weighted by Gasteiger charge is -2.08. The molecule has 0 fully saturated rings. The maximum Gasteiger partial charge on any atom is 0.138 e. The van der Waals surface area contributed by atoms with Crippen molar-refractivity contribution in [3.05, 3.63) is 72.1 Å². The molecule has 0 saturated heterocycles. The molecule has 1 unspecified atom stereocenters. The van der Waals surface area contributed by atoms with E-state index in [-0.39, 0.29) is 0 Å². The summed E-state index contributed by atoms with van der Waals surface area (Å²) in [7, 11) is 2.01. The summed E-state index contributed by atoms with van der Waals surface area (Å²) in [5.41, 5.74) is 2.79. The van der Waals surface area contributed by atoms with Crippen molar-refractivity contribution in [3.63, 3.8) is 0 Å². The average molecular weight is 277 g/mol. The van der Waals surface area contributed by atoms with Gasteiger partial charge in [0.25, 0.3) is 0 Å². The second kappa shape index (κ2) is 4.50. The molecule has 21 heavy (non-hydrogen) atoms. The molecular weight excluding hydrogens is 262 g/mol. The van der Waals surface area contributed by atoms with Crippen molar-refractivity contribution < 1.29 is 9.52 Å². The number of furan rings is 1. The van der Waals surface area contributed by atoms with Crippen molar-refractivity contribution in [2.45, 2.75) is 6.10 Å². The van der Waals surface area contributed by atoms with Crippen LogP contribution in [0, 0.1) is 0 Å². The zero-order chi connectivity index (χ0) is 14.4. The minimum atomic E-state index is -0.748. The highest BCUT2D eigenvalue weighted by Gasteiger charge is 2.16. The van der Waals surface area contributed by atoms with Crippen LogP contribution in [0.4, 0.5) is 0 Å². The number of aliphatic hydroxyl groups is 1. The molecule has 4 rings (SSSR count). The van der Waals surface area contributed by atoms with Gasteiger partial charge in [0, 0.05) is 24.1 Å². The topological polar surface area (TPSA) is 38.3 Å². The molecule has 0 aliphatic rings. The number of nitrogens with zero attached hydrogens (tertiary/aromatic N) is 1. The molecule has 2 aromatic heterocycles. The minimum absolute atomic E-state index is 0.575. The first-order chi connectivity index (χ1) is 10.2. The van der Waals surface area contributed by atoms with Gasteiger partial charge in [0.1, 0.15) is 17.4 Å². The fourth-order valence-electron chi connectivity index (χ4n) is 2.77. The van der Waals surface area contributed by atoms with Crippen LogP contribution in [-0.4, -0.2) is 9.67 Å². The van der Waals surface area contributed by atoms with Crippen molar-refractivity contribution in [2.75, 3.05) is 0 Å². The van der Waals surface area contributed by atoms with Gasteiger partial charge in [-0.15, -0.1) is 0 Å². The summed E-state index contributed by atoms with van der Waals surface area (Å²) in [6.45, 7) is 0. The molecule has 3 heteroatoms. The van der Waals surface area contributed by atoms with Gasteiger partial charge in [0.15, 0.2) is 0 Å². The lowest BCUT2D eigenvalue weighted by Crippen LogP contribution is -1.97. The van der Waals surface area contributed by atoms with Crippen LogP contribution in [0.15, 0.2) is 65.2 Å². The van der Waals surface area contributed by atoms with E-state index in [1.54, 1.807) is 0 Å². The van der Waals surface area contributed by atoms with Gasteiger partial charge in [-0.1, -0.05) is 24.3 Å². The van der Waals surface area contributed by atoms with Crippen LogP contribution in [0.5, 0.6) is 0 Å². The second-order valence-corrected chi connectivity index (χ2v) is 5.33. The minimum Gasteiger partial charge on any atom is -0.458 e. The smallest absolute Gasteiger partial charge is 0.138 e. The van der Waals surface area contributed by atoms with E-state index in [9.17, 15) is 5.11 Å². The molecular formula is C18H15NO2. The van der Waals surface area contributed by atoms with Gasteiger partial charge in [0.2, 0.25) is 0 Å². The summed E-state index contributed by atoms with van der Waals surface area (Å²) in [4.78, 5) is 0. The molecule has 1 N–H and O–H groups in total. The summed E-state index contributed by atoms with van der Waals surface area (Å²) in [5.74, 6) is 0.575. The molecule has 3 nitrogen and oxygen atoms in total. The molecule has 2 aromatic carbocycles. The SMILES string of the molecule is Cn1ccc2cc(C(O)c3cc4ccccc4o3)ccc21. The van der Waals surface area contributed by atoms with Crippen LogP contribution in [0.1, 0.15) is 17.4 Å². The molecule has 104 valence electrons. The summed E-state index contributed by atoms with van der Waals surface area (Å²) in [6, 6.07) is 17.7. The standard InChI is InChI=1S/C18H15NO2/c1-19-9-8-12-10-14(6-7-15(12)19)18(20)17-11-13-4-2-3-5-16(13)21-17/h2-11,18,20H,1H3. The highest BCUT2D eigenvalue weighted by molar-refractivity contribution is 5.81. The van der Waals surface area contributed by atoms with Gasteiger partial charge in [-0.25, -0.2) is 0 Å². The van der Waals surface area contributed by atoms with Gasteiger partial charge in [-0.3, -0.25) is 0 Å². The van der Waals surface area contributed by atoms with E-state index >= 15 is 0 Å². The summed E-state index contributed by atoms with van der Waals surface area (Å²) >= 11 is 0. The Kier molecular flexibility index (Phi) is 2.62. The number of hydrogen-bond donors (Lipinski definition) is 1. The zero-order valence-electron chi connectivity index (χ0n) is 11.7. The van der Waals surface area contributed by atoms with Crippen LogP contribution in [0.25, 0.3) is 21.9 Å². The van der Waals surface area contributed by atoms with Crippen molar-refractivity contribution in [3.8, 4) is 0 Å². The van der Waals surface area contributed by atoms with Crippen LogP contribution in [0.2, 0.25) is 0 Å². The number of aromatic nitrogens is 1. The molecule has 0 amide bonds. The highest BCUT2D eigenvalue weighted by Crippen LogP contribution is 2.29. The maximum absolute atomic E-state index is 10.6. The Morgan fingerprint density at radius 3 is 2.71 bits per heavy atom. The molecule has 2 heterocycles. The molecule has 0 bridgehead atoms. The number of hydrogen-bond acceptors (Lipinski definition) is 2. The monoisotopic (exact) mass is 277 g/mol. The third-order valence-corrected chi connectivity index (χ3v) is 3.94. The van der Waals surface area contributed by atoms with Gasteiger partial charge in [0.05, 0.1) is 0 Å². The number of benzene rings is 2. The molecule has 0 aliphatic carbocycles. The van der Waals surface area contributed by atoms with E-state index in [2.05, 4.69) is 4.57 Å². The van der Waals surface area contributed by atoms with Gasteiger partial charge in [-0.2, -0.15) is 0 Å². The quantitative estimate of drug-likeness (QED) is 0.601. The van der Waals surface area contributed by atoms with Crippen molar-refractivity contribution in [1.29, 1.82) is 0 Å². The molecule has 4 aromatic rings. The molecule has 0 aliphatic heterocycles. The predicted octanol–water partition coefficient (Wildman–Crippen LogP) is 4.01. The third kappa shape index (κ3) is 1.94. The van der Waals surface area contributed by atoms with Gasteiger partial charge >= 0.3 is 0 Å². The van der Waals surface area contributed by atoms with Crippen LogP contribution in [0.3, 0.4) is 0 Å². The van der Waals surface area contributed by atoms with E-state index in [0.717, 1.165) is 27.4 Å².